The highest BCUT2D eigenvalue weighted by Gasteiger charge is 2.09. The first-order valence-corrected chi connectivity index (χ1v) is 6.34. The lowest BCUT2D eigenvalue weighted by molar-refractivity contribution is 0.767. The van der Waals surface area contributed by atoms with Crippen LogP contribution < -0.4 is 5.32 Å². The van der Waals surface area contributed by atoms with Gasteiger partial charge in [-0.15, -0.1) is 0 Å². The minimum absolute atomic E-state index is 0.733. The highest BCUT2D eigenvalue weighted by atomic mass is 15.3. The Bertz CT molecular complexity index is 494. The van der Waals surface area contributed by atoms with Crippen molar-refractivity contribution < 1.29 is 0 Å². The number of nitrogens with one attached hydrogen (secondary N) is 1. The van der Waals surface area contributed by atoms with E-state index in [0.717, 1.165) is 42.4 Å². The summed E-state index contributed by atoms with van der Waals surface area (Å²) in [6, 6.07) is 3.95. The molecule has 0 aromatic carbocycles. The Kier molecular flexibility index (Phi) is 3.92. The molecular weight excluding hydrogens is 226 g/mol. The van der Waals surface area contributed by atoms with Crippen LogP contribution in [0, 0.1) is 0 Å². The van der Waals surface area contributed by atoms with Crippen molar-refractivity contribution in [1.29, 1.82) is 0 Å². The van der Waals surface area contributed by atoms with E-state index >= 15 is 0 Å². The Labute approximate surface area is 107 Å². The van der Waals surface area contributed by atoms with Gasteiger partial charge in [-0.05, 0) is 19.4 Å². The van der Waals surface area contributed by atoms with Crippen molar-refractivity contribution in [2.75, 3.05) is 11.9 Å². The lowest BCUT2D eigenvalue weighted by Gasteiger charge is -2.08. The molecule has 0 bridgehead atoms. The van der Waals surface area contributed by atoms with Gasteiger partial charge in [0.15, 0.2) is 5.82 Å². The first kappa shape index (κ1) is 12.5. The largest absolute Gasteiger partial charge is 0.370 e. The van der Waals surface area contributed by atoms with Crippen molar-refractivity contribution in [2.45, 2.75) is 26.7 Å². The molecule has 5 nitrogen and oxygen atoms in total. The number of aryl methyl sites for hydroxylation is 2. The highest BCUT2D eigenvalue weighted by molar-refractivity contribution is 5.53. The molecule has 18 heavy (non-hydrogen) atoms. The minimum atomic E-state index is 0.733. The Morgan fingerprint density at radius 3 is 2.72 bits per heavy atom. The second kappa shape index (κ2) is 5.62. The smallest absolute Gasteiger partial charge is 0.180 e. The predicted molar refractivity (Wildman–Crippen MR) is 72.4 cm³/mol. The van der Waals surface area contributed by atoms with Crippen molar-refractivity contribution in [3.63, 3.8) is 0 Å². The molecule has 0 spiro atoms. The predicted octanol–water partition coefficient (Wildman–Crippen LogP) is 2.26. The van der Waals surface area contributed by atoms with Crippen molar-refractivity contribution in [3.8, 4) is 11.5 Å². The van der Waals surface area contributed by atoms with Crippen LogP contribution >= 0.6 is 0 Å². The first-order chi connectivity index (χ1) is 8.74. The van der Waals surface area contributed by atoms with Gasteiger partial charge in [0.25, 0.3) is 0 Å². The van der Waals surface area contributed by atoms with Gasteiger partial charge < -0.3 is 5.32 Å². The van der Waals surface area contributed by atoms with Gasteiger partial charge in [0.2, 0.25) is 0 Å². The van der Waals surface area contributed by atoms with Gasteiger partial charge in [0, 0.05) is 31.5 Å². The Balaban J connectivity index is 2.42. The van der Waals surface area contributed by atoms with Crippen LogP contribution in [0.4, 0.5) is 5.82 Å². The number of hydrogen-bond acceptors (Lipinski definition) is 4. The Hall–Kier alpha value is -1.91. The minimum Gasteiger partial charge on any atom is -0.370 e. The zero-order valence-corrected chi connectivity index (χ0v) is 11.1. The molecule has 0 aliphatic heterocycles. The van der Waals surface area contributed by atoms with Gasteiger partial charge in [-0.1, -0.05) is 13.3 Å². The van der Waals surface area contributed by atoms with Crippen LogP contribution in [0.15, 0.2) is 18.3 Å². The van der Waals surface area contributed by atoms with Crippen LogP contribution in [-0.2, 0) is 13.5 Å². The van der Waals surface area contributed by atoms with E-state index in [9.17, 15) is 0 Å². The molecule has 5 heteroatoms. The van der Waals surface area contributed by atoms with Crippen LogP contribution in [0.2, 0.25) is 0 Å². The number of rotatable bonds is 5. The van der Waals surface area contributed by atoms with E-state index in [2.05, 4.69) is 34.2 Å². The highest BCUT2D eigenvalue weighted by Crippen LogP contribution is 2.17. The summed E-state index contributed by atoms with van der Waals surface area (Å²) in [6.07, 6.45) is 3.80. The summed E-state index contributed by atoms with van der Waals surface area (Å²) in [6.45, 7) is 5.07. The molecule has 0 fully saturated rings. The van der Waals surface area contributed by atoms with Gasteiger partial charge in [-0.2, -0.15) is 5.10 Å². The molecule has 2 rings (SSSR count). The summed E-state index contributed by atoms with van der Waals surface area (Å²) in [5, 5.41) is 7.41. The molecule has 0 aliphatic carbocycles. The molecule has 2 aromatic rings. The second-order valence-electron chi connectivity index (χ2n) is 4.19. The van der Waals surface area contributed by atoms with E-state index in [0.29, 0.717) is 0 Å². The Morgan fingerprint density at radius 1 is 1.28 bits per heavy atom. The lowest BCUT2D eigenvalue weighted by Crippen LogP contribution is -2.06. The molecule has 0 saturated carbocycles. The van der Waals surface area contributed by atoms with Crippen molar-refractivity contribution >= 4 is 5.82 Å². The van der Waals surface area contributed by atoms with Crippen molar-refractivity contribution in [2.24, 2.45) is 7.05 Å². The molecule has 96 valence electrons. The molecule has 2 heterocycles. The SMILES string of the molecule is CCCc1cc(NCC)nc(-c2ccnn2C)n1. The van der Waals surface area contributed by atoms with Crippen LogP contribution in [0.3, 0.4) is 0 Å². The van der Waals surface area contributed by atoms with Crippen molar-refractivity contribution in [1.82, 2.24) is 19.7 Å². The normalized spacial score (nSPS) is 10.6. The van der Waals surface area contributed by atoms with Crippen LogP contribution in [0.1, 0.15) is 26.0 Å². The maximum Gasteiger partial charge on any atom is 0.180 e. The maximum atomic E-state index is 4.60. The fourth-order valence-corrected chi connectivity index (χ4v) is 1.86. The number of hydrogen-bond donors (Lipinski definition) is 1. The third-order valence-corrected chi connectivity index (χ3v) is 2.69. The van der Waals surface area contributed by atoms with Gasteiger partial charge in [0.05, 0.1) is 0 Å². The summed E-state index contributed by atoms with van der Waals surface area (Å²) in [4.78, 5) is 9.12. The van der Waals surface area contributed by atoms with Crippen LogP contribution in [-0.4, -0.2) is 26.3 Å². The van der Waals surface area contributed by atoms with Gasteiger partial charge in [-0.25, -0.2) is 9.97 Å². The van der Waals surface area contributed by atoms with E-state index in [1.165, 1.54) is 0 Å². The van der Waals surface area contributed by atoms with E-state index in [1.54, 1.807) is 10.9 Å². The van der Waals surface area contributed by atoms with E-state index < -0.39 is 0 Å². The average molecular weight is 245 g/mol. The maximum absolute atomic E-state index is 4.60. The van der Waals surface area contributed by atoms with Crippen LogP contribution in [0.25, 0.3) is 11.5 Å². The number of nitrogens with zero attached hydrogens (tertiary/aromatic N) is 4. The third-order valence-electron chi connectivity index (χ3n) is 2.69. The first-order valence-electron chi connectivity index (χ1n) is 6.34. The van der Waals surface area contributed by atoms with Crippen LogP contribution in [0.5, 0.6) is 0 Å². The summed E-state index contributed by atoms with van der Waals surface area (Å²) in [5.74, 6) is 1.61. The summed E-state index contributed by atoms with van der Waals surface area (Å²) in [5.41, 5.74) is 2.01. The molecule has 0 saturated heterocycles. The van der Waals surface area contributed by atoms with E-state index in [4.69, 9.17) is 0 Å². The quantitative estimate of drug-likeness (QED) is 0.878. The molecule has 0 atom stereocenters. The van der Waals surface area contributed by atoms with Gasteiger partial charge >= 0.3 is 0 Å². The van der Waals surface area contributed by atoms with Crippen molar-refractivity contribution in [3.05, 3.63) is 24.0 Å². The monoisotopic (exact) mass is 245 g/mol. The molecule has 0 amide bonds. The Morgan fingerprint density at radius 2 is 2.11 bits per heavy atom. The standard InChI is InChI=1S/C13H19N5/c1-4-6-10-9-12(14-5-2)17-13(16-10)11-7-8-15-18(11)3/h7-9H,4-6H2,1-3H3,(H,14,16,17). The fraction of sp³-hybridized carbons (Fsp3) is 0.462. The molecule has 0 unspecified atom stereocenters. The van der Waals surface area contributed by atoms with Gasteiger partial charge in [-0.3, -0.25) is 4.68 Å². The average Bonchev–Trinajstić information content (AvgIpc) is 2.76. The third kappa shape index (κ3) is 2.67. The zero-order valence-electron chi connectivity index (χ0n) is 11.1. The second-order valence-corrected chi connectivity index (χ2v) is 4.19. The van der Waals surface area contributed by atoms with E-state index in [-0.39, 0.29) is 0 Å². The van der Waals surface area contributed by atoms with E-state index in [1.807, 2.05) is 19.2 Å². The number of anilines is 1. The van der Waals surface area contributed by atoms with Gasteiger partial charge in [0.1, 0.15) is 11.5 Å². The zero-order chi connectivity index (χ0) is 13.0. The molecular formula is C13H19N5. The molecule has 2 aromatic heterocycles. The fourth-order valence-electron chi connectivity index (χ4n) is 1.86. The molecule has 0 radical (unpaired) electrons. The topological polar surface area (TPSA) is 55.6 Å². The summed E-state index contributed by atoms with van der Waals surface area (Å²) < 4.78 is 1.79. The number of aromatic nitrogens is 4. The molecule has 0 aliphatic rings. The lowest BCUT2D eigenvalue weighted by atomic mass is 10.2. The summed E-state index contributed by atoms with van der Waals surface area (Å²) in [7, 11) is 1.90. The summed E-state index contributed by atoms with van der Waals surface area (Å²) >= 11 is 0. The molecule has 1 N–H and O–H groups in total.